The van der Waals surface area contributed by atoms with Crippen molar-refractivity contribution in [2.45, 2.75) is 20.0 Å². The Hall–Kier alpha value is -1.89. The van der Waals surface area contributed by atoms with Crippen molar-refractivity contribution < 1.29 is 9.47 Å². The van der Waals surface area contributed by atoms with Crippen LogP contribution < -0.4 is 9.64 Å². The quantitative estimate of drug-likeness (QED) is 0.833. The minimum Gasteiger partial charge on any atom is -0.474 e. The molecule has 0 atom stereocenters. The van der Waals surface area contributed by atoms with Gasteiger partial charge < -0.3 is 14.4 Å². The lowest BCUT2D eigenvalue weighted by atomic mass is 10.4. The average Bonchev–Trinajstić information content (AvgIpc) is 2.81. The molecule has 7 heteroatoms. The highest BCUT2D eigenvalue weighted by molar-refractivity contribution is 5.81. The molecule has 0 aliphatic carbocycles. The zero-order valence-corrected chi connectivity index (χ0v) is 12.0. The summed E-state index contributed by atoms with van der Waals surface area (Å²) in [5.74, 6) is 1.28. The summed E-state index contributed by atoms with van der Waals surface area (Å²) in [7, 11) is 1.87. The smallest absolute Gasteiger partial charge is 0.230 e. The predicted molar refractivity (Wildman–Crippen MR) is 75.1 cm³/mol. The summed E-state index contributed by atoms with van der Waals surface area (Å²) in [6.45, 7) is 6.96. The number of morpholine rings is 1. The number of nitrogens with zero attached hydrogens (tertiary/aromatic N) is 5. The first-order valence-electron chi connectivity index (χ1n) is 6.84. The summed E-state index contributed by atoms with van der Waals surface area (Å²) in [6.07, 6.45) is 1.81. The number of ether oxygens (including phenoxy) is 2. The third kappa shape index (κ3) is 2.40. The van der Waals surface area contributed by atoms with Gasteiger partial charge in [0.25, 0.3) is 0 Å². The van der Waals surface area contributed by atoms with Crippen LogP contribution in [0.5, 0.6) is 5.88 Å². The van der Waals surface area contributed by atoms with Gasteiger partial charge in [-0.15, -0.1) is 0 Å². The number of anilines is 1. The Morgan fingerprint density at radius 2 is 2.00 bits per heavy atom. The molecule has 1 aliphatic rings. The number of hydrogen-bond acceptors (Lipinski definition) is 6. The number of fused-ring (bicyclic) bond motifs is 1. The highest BCUT2D eigenvalue weighted by Crippen LogP contribution is 2.26. The molecule has 1 aliphatic heterocycles. The first-order chi connectivity index (χ1) is 9.65. The molecule has 0 amide bonds. The molecule has 7 nitrogen and oxygen atoms in total. The van der Waals surface area contributed by atoms with Crippen LogP contribution in [-0.4, -0.2) is 52.2 Å². The average molecular weight is 277 g/mol. The molecule has 0 radical (unpaired) electrons. The van der Waals surface area contributed by atoms with E-state index in [4.69, 9.17) is 9.47 Å². The standard InChI is InChI=1S/C13H19N5O2/c1-9(2)20-12-10-8-14-17(3)11(10)15-13(16-12)18-4-6-19-7-5-18/h8-9H,4-7H2,1-3H3. The Balaban J connectivity index is 2.05. The summed E-state index contributed by atoms with van der Waals surface area (Å²) < 4.78 is 12.9. The summed E-state index contributed by atoms with van der Waals surface area (Å²) in [5.41, 5.74) is 0.789. The molecule has 2 aromatic heterocycles. The molecule has 1 saturated heterocycles. The van der Waals surface area contributed by atoms with Crippen molar-refractivity contribution in [2.75, 3.05) is 31.2 Å². The fourth-order valence-corrected chi connectivity index (χ4v) is 2.20. The summed E-state index contributed by atoms with van der Waals surface area (Å²) in [5, 5.41) is 5.09. The highest BCUT2D eigenvalue weighted by Gasteiger charge is 2.19. The lowest BCUT2D eigenvalue weighted by molar-refractivity contribution is 0.122. The first kappa shape index (κ1) is 13.1. The second-order valence-corrected chi connectivity index (χ2v) is 5.10. The van der Waals surface area contributed by atoms with Gasteiger partial charge in [0.2, 0.25) is 11.8 Å². The minimum atomic E-state index is 0.0610. The van der Waals surface area contributed by atoms with E-state index >= 15 is 0 Å². The van der Waals surface area contributed by atoms with Crippen molar-refractivity contribution in [3.05, 3.63) is 6.20 Å². The Kier molecular flexibility index (Phi) is 3.43. The van der Waals surface area contributed by atoms with Gasteiger partial charge >= 0.3 is 0 Å². The van der Waals surface area contributed by atoms with E-state index in [2.05, 4.69) is 20.0 Å². The summed E-state index contributed by atoms with van der Waals surface area (Å²) in [4.78, 5) is 11.3. The van der Waals surface area contributed by atoms with Gasteiger partial charge in [0.15, 0.2) is 5.65 Å². The van der Waals surface area contributed by atoms with Gasteiger partial charge in [0.05, 0.1) is 25.5 Å². The van der Waals surface area contributed by atoms with Gasteiger partial charge in [-0.2, -0.15) is 15.1 Å². The topological polar surface area (TPSA) is 65.3 Å². The highest BCUT2D eigenvalue weighted by atomic mass is 16.5. The largest absolute Gasteiger partial charge is 0.474 e. The lowest BCUT2D eigenvalue weighted by Gasteiger charge is -2.27. The molecular formula is C13H19N5O2. The molecule has 0 unspecified atom stereocenters. The SMILES string of the molecule is CC(C)Oc1nc(N2CCOCC2)nc2c1cnn2C. The predicted octanol–water partition coefficient (Wildman–Crippen LogP) is 0.987. The van der Waals surface area contributed by atoms with Crippen LogP contribution in [0.1, 0.15) is 13.8 Å². The van der Waals surface area contributed by atoms with Gasteiger partial charge in [0.1, 0.15) is 5.39 Å². The van der Waals surface area contributed by atoms with Crippen LogP contribution in [0.4, 0.5) is 5.95 Å². The molecule has 2 aromatic rings. The Bertz CT molecular complexity index is 604. The van der Waals surface area contributed by atoms with E-state index in [9.17, 15) is 0 Å². The molecule has 0 spiro atoms. The van der Waals surface area contributed by atoms with Crippen LogP contribution in [0.25, 0.3) is 11.0 Å². The molecule has 3 rings (SSSR count). The number of aryl methyl sites for hydroxylation is 1. The van der Waals surface area contributed by atoms with Crippen LogP contribution >= 0.6 is 0 Å². The van der Waals surface area contributed by atoms with E-state index in [-0.39, 0.29) is 6.10 Å². The van der Waals surface area contributed by atoms with E-state index in [0.717, 1.165) is 24.1 Å². The molecule has 0 bridgehead atoms. The fraction of sp³-hybridized carbons (Fsp3) is 0.615. The minimum absolute atomic E-state index is 0.0610. The maximum absolute atomic E-state index is 5.81. The van der Waals surface area contributed by atoms with Crippen molar-refractivity contribution >= 4 is 17.0 Å². The van der Waals surface area contributed by atoms with Crippen molar-refractivity contribution in [1.29, 1.82) is 0 Å². The summed E-state index contributed by atoms with van der Waals surface area (Å²) in [6, 6.07) is 0. The second-order valence-electron chi connectivity index (χ2n) is 5.10. The molecular weight excluding hydrogens is 258 g/mol. The van der Waals surface area contributed by atoms with Gasteiger partial charge in [-0.1, -0.05) is 0 Å². The van der Waals surface area contributed by atoms with E-state index in [1.165, 1.54) is 0 Å². The molecule has 20 heavy (non-hydrogen) atoms. The van der Waals surface area contributed by atoms with Crippen LogP contribution in [0, 0.1) is 0 Å². The zero-order valence-electron chi connectivity index (χ0n) is 12.0. The maximum atomic E-state index is 5.81. The summed E-state index contributed by atoms with van der Waals surface area (Å²) >= 11 is 0. The normalized spacial score (nSPS) is 16.1. The van der Waals surface area contributed by atoms with Gasteiger partial charge in [-0.3, -0.25) is 4.68 Å². The van der Waals surface area contributed by atoms with Crippen LogP contribution in [0.2, 0.25) is 0 Å². The van der Waals surface area contributed by atoms with E-state index < -0.39 is 0 Å². The number of rotatable bonds is 3. The number of aromatic nitrogens is 4. The van der Waals surface area contributed by atoms with Crippen molar-refractivity contribution in [3.63, 3.8) is 0 Å². The van der Waals surface area contributed by atoms with Crippen LogP contribution in [0.15, 0.2) is 6.20 Å². The molecule has 0 N–H and O–H groups in total. The van der Waals surface area contributed by atoms with Gasteiger partial charge in [0, 0.05) is 20.1 Å². The number of hydrogen-bond donors (Lipinski definition) is 0. The van der Waals surface area contributed by atoms with Crippen LogP contribution in [0.3, 0.4) is 0 Å². The molecule has 108 valence electrons. The second kappa shape index (κ2) is 5.24. The van der Waals surface area contributed by atoms with Gasteiger partial charge in [-0.25, -0.2) is 0 Å². The third-order valence-electron chi connectivity index (χ3n) is 3.19. The third-order valence-corrected chi connectivity index (χ3v) is 3.19. The van der Waals surface area contributed by atoms with E-state index in [1.54, 1.807) is 10.9 Å². The van der Waals surface area contributed by atoms with Crippen molar-refractivity contribution in [1.82, 2.24) is 19.7 Å². The zero-order chi connectivity index (χ0) is 14.1. The van der Waals surface area contributed by atoms with Crippen molar-refractivity contribution in [3.8, 4) is 5.88 Å². The van der Waals surface area contributed by atoms with Crippen LogP contribution in [-0.2, 0) is 11.8 Å². The first-order valence-corrected chi connectivity index (χ1v) is 6.84. The van der Waals surface area contributed by atoms with E-state index in [0.29, 0.717) is 25.0 Å². The van der Waals surface area contributed by atoms with Crippen molar-refractivity contribution in [2.24, 2.45) is 7.05 Å². The Morgan fingerprint density at radius 1 is 1.25 bits per heavy atom. The maximum Gasteiger partial charge on any atom is 0.230 e. The molecule has 0 saturated carbocycles. The monoisotopic (exact) mass is 277 g/mol. The lowest BCUT2D eigenvalue weighted by Crippen LogP contribution is -2.37. The van der Waals surface area contributed by atoms with Gasteiger partial charge in [-0.05, 0) is 13.8 Å². The Labute approximate surface area is 117 Å². The Morgan fingerprint density at radius 3 is 2.70 bits per heavy atom. The van der Waals surface area contributed by atoms with E-state index in [1.807, 2.05) is 20.9 Å². The fourth-order valence-electron chi connectivity index (χ4n) is 2.20. The molecule has 0 aromatic carbocycles. The molecule has 3 heterocycles. The molecule has 1 fully saturated rings.